The summed E-state index contributed by atoms with van der Waals surface area (Å²) in [5.41, 5.74) is 2.52. The van der Waals surface area contributed by atoms with E-state index in [1.807, 2.05) is 18.2 Å². The molecule has 0 fully saturated rings. The molecule has 3 aromatic rings. The smallest absolute Gasteiger partial charge is 0.253 e. The van der Waals surface area contributed by atoms with Gasteiger partial charge in [0.2, 0.25) is 5.91 Å². The summed E-state index contributed by atoms with van der Waals surface area (Å²) >= 11 is 3.53. The molecule has 0 radical (unpaired) electrons. The number of hydrogen-bond acceptors (Lipinski definition) is 3. The van der Waals surface area contributed by atoms with Gasteiger partial charge in [0.15, 0.2) is 0 Å². The highest BCUT2D eigenvalue weighted by Gasteiger charge is 2.29. The SMILES string of the molecule is O=C1CC(c2ccc(F)cc2)C(C(=O)Nc2ccc3ncccc3c2Br)=CN1. The number of aromatic nitrogens is 1. The van der Waals surface area contributed by atoms with Gasteiger partial charge in [0.25, 0.3) is 5.91 Å². The fourth-order valence-corrected chi connectivity index (χ4v) is 3.80. The molecule has 0 spiro atoms. The molecule has 2 amide bonds. The van der Waals surface area contributed by atoms with Gasteiger partial charge in [0.05, 0.1) is 15.7 Å². The Balaban J connectivity index is 1.65. The van der Waals surface area contributed by atoms with E-state index in [1.165, 1.54) is 18.3 Å². The topological polar surface area (TPSA) is 71.1 Å². The third kappa shape index (κ3) is 3.53. The van der Waals surface area contributed by atoms with Gasteiger partial charge in [-0.3, -0.25) is 14.6 Å². The molecule has 0 saturated heterocycles. The van der Waals surface area contributed by atoms with Crippen LogP contribution in [0.3, 0.4) is 0 Å². The number of nitrogens with one attached hydrogen (secondary N) is 2. The number of pyridine rings is 1. The number of benzene rings is 2. The van der Waals surface area contributed by atoms with Gasteiger partial charge in [-0.1, -0.05) is 18.2 Å². The predicted octanol–water partition coefficient (Wildman–Crippen LogP) is 4.26. The van der Waals surface area contributed by atoms with Gasteiger partial charge in [0, 0.05) is 35.7 Å². The van der Waals surface area contributed by atoms with Gasteiger partial charge in [-0.25, -0.2) is 4.39 Å². The van der Waals surface area contributed by atoms with E-state index in [-0.39, 0.29) is 24.1 Å². The highest BCUT2D eigenvalue weighted by Crippen LogP contribution is 2.34. The number of nitrogens with zero attached hydrogens (tertiary/aromatic N) is 1. The first-order valence-electron chi connectivity index (χ1n) is 8.62. The first kappa shape index (κ1) is 18.3. The van der Waals surface area contributed by atoms with Crippen molar-refractivity contribution in [3.05, 3.63) is 82.4 Å². The summed E-state index contributed by atoms with van der Waals surface area (Å²) in [5, 5.41) is 6.36. The molecule has 1 unspecified atom stereocenters. The Labute approximate surface area is 168 Å². The average Bonchev–Trinajstić information content (AvgIpc) is 2.71. The lowest BCUT2D eigenvalue weighted by atomic mass is 9.86. The van der Waals surface area contributed by atoms with E-state index in [4.69, 9.17) is 0 Å². The number of amides is 2. The second-order valence-corrected chi connectivity index (χ2v) is 7.22. The maximum Gasteiger partial charge on any atom is 0.253 e. The molecule has 28 heavy (non-hydrogen) atoms. The lowest BCUT2D eigenvalue weighted by Gasteiger charge is -2.24. The fraction of sp³-hybridized carbons (Fsp3) is 0.0952. The molecule has 1 aromatic heterocycles. The molecule has 1 aliphatic heterocycles. The summed E-state index contributed by atoms with van der Waals surface area (Å²) in [4.78, 5) is 29.1. The van der Waals surface area contributed by atoms with Crippen LogP contribution in [0.25, 0.3) is 10.9 Å². The number of carbonyl (C=O) groups excluding carboxylic acids is 2. The second kappa shape index (κ2) is 7.52. The average molecular weight is 440 g/mol. The second-order valence-electron chi connectivity index (χ2n) is 6.43. The standard InChI is InChI=1S/C21H15BrFN3O2/c22-20-14-2-1-9-24-17(14)7-8-18(20)26-21(28)16-11-25-19(27)10-15(16)12-3-5-13(23)6-4-12/h1-9,11,15H,10H2,(H,25,27)(H,26,28). The van der Waals surface area contributed by atoms with Gasteiger partial charge in [0.1, 0.15) is 5.82 Å². The van der Waals surface area contributed by atoms with Crippen LogP contribution in [0.5, 0.6) is 0 Å². The van der Waals surface area contributed by atoms with Crippen molar-refractivity contribution in [3.63, 3.8) is 0 Å². The minimum absolute atomic E-state index is 0.119. The highest BCUT2D eigenvalue weighted by molar-refractivity contribution is 9.10. The zero-order valence-corrected chi connectivity index (χ0v) is 16.2. The van der Waals surface area contributed by atoms with E-state index in [2.05, 4.69) is 31.5 Å². The summed E-state index contributed by atoms with van der Waals surface area (Å²) < 4.78 is 14.0. The van der Waals surface area contributed by atoms with Gasteiger partial charge in [-0.15, -0.1) is 0 Å². The van der Waals surface area contributed by atoms with E-state index >= 15 is 0 Å². The fourth-order valence-electron chi connectivity index (χ4n) is 3.24. The summed E-state index contributed by atoms with van der Waals surface area (Å²) in [6, 6.07) is 13.2. The van der Waals surface area contributed by atoms with E-state index in [9.17, 15) is 14.0 Å². The van der Waals surface area contributed by atoms with Crippen molar-refractivity contribution in [2.75, 3.05) is 5.32 Å². The number of fused-ring (bicyclic) bond motifs is 1. The van der Waals surface area contributed by atoms with Crippen molar-refractivity contribution in [2.24, 2.45) is 0 Å². The summed E-state index contributed by atoms with van der Waals surface area (Å²) in [5.74, 6) is -1.34. The van der Waals surface area contributed by atoms with Crippen LogP contribution in [0.15, 0.2) is 71.0 Å². The van der Waals surface area contributed by atoms with E-state index in [0.717, 1.165) is 15.4 Å². The Morgan fingerprint density at radius 1 is 1.18 bits per heavy atom. The molecule has 2 heterocycles. The van der Waals surface area contributed by atoms with Crippen LogP contribution in [0, 0.1) is 5.82 Å². The van der Waals surface area contributed by atoms with Crippen molar-refractivity contribution < 1.29 is 14.0 Å². The van der Waals surface area contributed by atoms with E-state index in [1.54, 1.807) is 24.4 Å². The third-order valence-electron chi connectivity index (χ3n) is 4.66. The lowest BCUT2D eigenvalue weighted by Crippen LogP contribution is -2.32. The quantitative estimate of drug-likeness (QED) is 0.640. The Morgan fingerprint density at radius 2 is 1.96 bits per heavy atom. The van der Waals surface area contributed by atoms with E-state index in [0.29, 0.717) is 16.8 Å². The zero-order valence-electron chi connectivity index (χ0n) is 14.6. The van der Waals surface area contributed by atoms with Crippen molar-refractivity contribution in [2.45, 2.75) is 12.3 Å². The molecule has 2 N–H and O–H groups in total. The molecular formula is C21H15BrFN3O2. The number of halogens is 2. The summed E-state index contributed by atoms with van der Waals surface area (Å²) in [6.45, 7) is 0. The minimum Gasteiger partial charge on any atom is -0.332 e. The molecule has 7 heteroatoms. The first-order valence-corrected chi connectivity index (χ1v) is 9.41. The molecular weight excluding hydrogens is 425 g/mol. The van der Waals surface area contributed by atoms with Gasteiger partial charge >= 0.3 is 0 Å². The Bertz CT molecular complexity index is 1110. The number of anilines is 1. The molecule has 1 atom stereocenters. The molecule has 4 rings (SSSR count). The largest absolute Gasteiger partial charge is 0.332 e. The molecule has 0 aliphatic carbocycles. The Kier molecular flexibility index (Phi) is 4.92. The van der Waals surface area contributed by atoms with Crippen LogP contribution in [-0.4, -0.2) is 16.8 Å². The van der Waals surface area contributed by atoms with Crippen molar-refractivity contribution in [3.8, 4) is 0 Å². The van der Waals surface area contributed by atoms with Crippen LogP contribution >= 0.6 is 15.9 Å². The Hall–Kier alpha value is -3.06. The molecule has 140 valence electrons. The zero-order chi connectivity index (χ0) is 19.7. The number of hydrogen-bond donors (Lipinski definition) is 2. The van der Waals surface area contributed by atoms with Crippen LogP contribution in [0.2, 0.25) is 0 Å². The Morgan fingerprint density at radius 3 is 2.75 bits per heavy atom. The van der Waals surface area contributed by atoms with Crippen molar-refractivity contribution >= 4 is 44.3 Å². The maximum absolute atomic E-state index is 13.3. The molecule has 0 bridgehead atoms. The molecule has 5 nitrogen and oxygen atoms in total. The summed E-state index contributed by atoms with van der Waals surface area (Å²) in [6.07, 6.45) is 3.25. The van der Waals surface area contributed by atoms with Crippen molar-refractivity contribution in [1.29, 1.82) is 0 Å². The van der Waals surface area contributed by atoms with Crippen LogP contribution in [0.4, 0.5) is 10.1 Å². The first-order chi connectivity index (χ1) is 13.5. The van der Waals surface area contributed by atoms with Crippen molar-refractivity contribution in [1.82, 2.24) is 10.3 Å². The molecule has 2 aromatic carbocycles. The van der Waals surface area contributed by atoms with Crippen LogP contribution < -0.4 is 10.6 Å². The lowest BCUT2D eigenvalue weighted by molar-refractivity contribution is -0.121. The van der Waals surface area contributed by atoms with Crippen LogP contribution in [0.1, 0.15) is 17.9 Å². The molecule has 0 saturated carbocycles. The maximum atomic E-state index is 13.3. The monoisotopic (exact) mass is 439 g/mol. The predicted molar refractivity (Wildman–Crippen MR) is 108 cm³/mol. The van der Waals surface area contributed by atoms with Gasteiger partial charge in [-0.05, 0) is 51.8 Å². The normalized spacial score (nSPS) is 16.4. The molecule has 1 aliphatic rings. The van der Waals surface area contributed by atoms with Gasteiger partial charge in [-0.2, -0.15) is 0 Å². The number of rotatable bonds is 3. The third-order valence-corrected chi connectivity index (χ3v) is 5.51. The minimum atomic E-state index is -0.449. The number of carbonyl (C=O) groups is 2. The van der Waals surface area contributed by atoms with E-state index < -0.39 is 5.92 Å². The summed E-state index contributed by atoms with van der Waals surface area (Å²) in [7, 11) is 0. The van der Waals surface area contributed by atoms with Gasteiger partial charge < -0.3 is 10.6 Å². The highest BCUT2D eigenvalue weighted by atomic mass is 79.9. The van der Waals surface area contributed by atoms with Crippen LogP contribution in [-0.2, 0) is 9.59 Å².